The van der Waals surface area contributed by atoms with Crippen LogP contribution in [0.3, 0.4) is 0 Å². The quantitative estimate of drug-likeness (QED) is 0.257. The van der Waals surface area contributed by atoms with Crippen molar-refractivity contribution in [1.29, 1.82) is 0 Å². The zero-order valence-electron chi connectivity index (χ0n) is 14.2. The van der Waals surface area contributed by atoms with Gasteiger partial charge in [0.1, 0.15) is 0 Å². The van der Waals surface area contributed by atoms with Gasteiger partial charge in [0.15, 0.2) is 0 Å². The molecule has 0 aliphatic carbocycles. The van der Waals surface area contributed by atoms with Crippen molar-refractivity contribution < 1.29 is 26.9 Å². The first kappa shape index (κ1) is 27.1. The van der Waals surface area contributed by atoms with Gasteiger partial charge in [-0.1, -0.05) is 63.3 Å². The number of carbonyl (C=O) groups is 1. The summed E-state index contributed by atoms with van der Waals surface area (Å²) in [4.78, 5) is 10.2. The Morgan fingerprint density at radius 1 is 0.818 bits per heavy atom. The molecule has 0 aliphatic heterocycles. The molecule has 0 saturated carbocycles. The van der Waals surface area contributed by atoms with Crippen LogP contribution in [0.25, 0.3) is 0 Å². The normalized spacial score (nSPS) is 10.6. The number of rotatable bonds is 14. The second-order valence-electron chi connectivity index (χ2n) is 5.35. The van der Waals surface area contributed by atoms with Gasteiger partial charge >= 0.3 is 23.1 Å². The summed E-state index contributed by atoms with van der Waals surface area (Å²) < 4.78 is 0. The Bertz CT molecular complexity index is 278. The van der Waals surface area contributed by atoms with E-state index in [1.807, 2.05) is 0 Å². The molecule has 0 saturated heterocycles. The summed E-state index contributed by atoms with van der Waals surface area (Å²) in [6.45, 7) is 2.23. The van der Waals surface area contributed by atoms with Gasteiger partial charge in [-0.05, 0) is 44.9 Å². The Hall–Kier alpha value is 0.196. The van der Waals surface area contributed by atoms with E-state index >= 15 is 0 Å². The van der Waals surface area contributed by atoms with Crippen molar-refractivity contribution >= 4 is 29.0 Å². The Balaban J connectivity index is -0.00000180. The van der Waals surface area contributed by atoms with E-state index in [9.17, 15) is 9.90 Å². The van der Waals surface area contributed by atoms with Crippen molar-refractivity contribution in [2.75, 3.05) is 0 Å². The molecule has 0 fully saturated rings. The molecule has 0 atom stereocenters. The fraction of sp³-hybridized carbons (Fsp3) is 0.722. The first-order chi connectivity index (χ1) is 9.77. The van der Waals surface area contributed by atoms with E-state index in [-0.39, 0.29) is 46.5 Å². The van der Waals surface area contributed by atoms with Crippen molar-refractivity contribution in [3.8, 4) is 0 Å². The van der Waals surface area contributed by atoms with Crippen LogP contribution in [-0.2, 0) is 4.79 Å². The van der Waals surface area contributed by atoms with Gasteiger partial charge in [-0.2, -0.15) is 0 Å². The fourth-order valence-corrected chi connectivity index (χ4v) is 2.08. The van der Waals surface area contributed by atoms with Gasteiger partial charge in [-0.15, -0.1) is 0 Å². The van der Waals surface area contributed by atoms with Crippen LogP contribution in [-0.4, -0.2) is 29.0 Å². The summed E-state index contributed by atoms with van der Waals surface area (Å²) >= 11 is 0. The summed E-state index contributed by atoms with van der Waals surface area (Å²) in [5.74, 6) is -0.921. The molecule has 0 heterocycles. The number of unbranched alkanes of at least 4 members (excludes halogenated alkanes) is 8. The number of carboxylic acid groups (broad SMARTS) is 1. The monoisotopic (exact) mass is 382 g/mol. The van der Waals surface area contributed by atoms with Gasteiger partial charge in [0.2, 0.25) is 0 Å². The summed E-state index contributed by atoms with van der Waals surface area (Å²) in [6, 6.07) is 0. The standard InChI is InChI=1S/C18H32O2.BrH.Mg/c1-2-3-4-5-6-7-8-9-10-11-12-13-14-15-16-17-18(19)20;;/h6-7,9-10H,2-5,8,11-17H2,1H3,(H,19,20);1H;/q;;+2/p-2/b7-6-,10-9-;;. The van der Waals surface area contributed by atoms with Crippen molar-refractivity contribution in [2.24, 2.45) is 0 Å². The summed E-state index contributed by atoms with van der Waals surface area (Å²) in [6.07, 6.45) is 21.9. The van der Waals surface area contributed by atoms with Gasteiger partial charge in [0.05, 0.1) is 0 Å². The van der Waals surface area contributed by atoms with Crippen molar-refractivity contribution in [2.45, 2.75) is 84.0 Å². The van der Waals surface area contributed by atoms with Gasteiger partial charge in [-0.25, -0.2) is 0 Å². The minimum atomic E-state index is -0.921. The molecule has 0 aromatic heterocycles. The third-order valence-corrected chi connectivity index (χ3v) is 3.33. The third-order valence-electron chi connectivity index (χ3n) is 3.33. The molecule has 0 aromatic rings. The Kier molecular flexibility index (Phi) is 28.9. The van der Waals surface area contributed by atoms with E-state index in [4.69, 9.17) is 0 Å². The van der Waals surface area contributed by atoms with Crippen LogP contribution in [0.15, 0.2) is 24.3 Å². The van der Waals surface area contributed by atoms with Crippen LogP contribution >= 0.6 is 0 Å². The molecule has 0 N–H and O–H groups in total. The van der Waals surface area contributed by atoms with Gasteiger partial charge in [0.25, 0.3) is 0 Å². The predicted octanol–water partition coefficient (Wildman–Crippen LogP) is 1.17. The zero-order valence-corrected chi connectivity index (χ0v) is 17.2. The molecule has 4 heteroatoms. The van der Waals surface area contributed by atoms with Crippen LogP contribution in [0.4, 0.5) is 0 Å². The van der Waals surface area contributed by atoms with E-state index in [0.29, 0.717) is 0 Å². The number of allylic oxidation sites excluding steroid dienone is 4. The number of aliphatic carboxylic acids is 1. The average molecular weight is 384 g/mol. The minimum absolute atomic E-state index is 0. The maximum atomic E-state index is 10.2. The maximum Gasteiger partial charge on any atom is 2.00 e. The first-order valence-corrected chi connectivity index (χ1v) is 8.27. The van der Waals surface area contributed by atoms with Crippen molar-refractivity contribution in [3.63, 3.8) is 0 Å². The molecule has 0 radical (unpaired) electrons. The maximum absolute atomic E-state index is 10.2. The number of hydrogen-bond acceptors (Lipinski definition) is 2. The number of halogens is 1. The molecule has 22 heavy (non-hydrogen) atoms. The van der Waals surface area contributed by atoms with Crippen LogP contribution in [0, 0.1) is 0 Å². The Morgan fingerprint density at radius 2 is 1.32 bits per heavy atom. The van der Waals surface area contributed by atoms with E-state index in [2.05, 4.69) is 31.2 Å². The topological polar surface area (TPSA) is 40.1 Å². The molecule has 0 spiro atoms. The summed E-state index contributed by atoms with van der Waals surface area (Å²) in [7, 11) is 0. The second-order valence-corrected chi connectivity index (χ2v) is 5.35. The molecule has 2 nitrogen and oxygen atoms in total. The zero-order chi connectivity index (χ0) is 14.9. The first-order valence-electron chi connectivity index (χ1n) is 8.27. The van der Waals surface area contributed by atoms with Crippen molar-refractivity contribution in [1.82, 2.24) is 0 Å². The Labute approximate surface area is 163 Å². The molecule has 0 rings (SSSR count). The minimum Gasteiger partial charge on any atom is -1.00 e. The van der Waals surface area contributed by atoms with E-state index in [1.165, 1.54) is 38.5 Å². The fourth-order valence-electron chi connectivity index (χ4n) is 2.08. The third kappa shape index (κ3) is 25.2. The van der Waals surface area contributed by atoms with Gasteiger partial charge in [-0.3, -0.25) is 0 Å². The number of carbonyl (C=O) groups excluding carboxylic acids is 1. The van der Waals surface area contributed by atoms with E-state index in [0.717, 1.165) is 32.1 Å². The van der Waals surface area contributed by atoms with Gasteiger partial charge in [0, 0.05) is 5.97 Å². The van der Waals surface area contributed by atoms with Crippen LogP contribution in [0.2, 0.25) is 0 Å². The molecule has 0 aliphatic rings. The smallest absolute Gasteiger partial charge is 1.00 e. The molecule has 124 valence electrons. The average Bonchev–Trinajstić information content (AvgIpc) is 2.43. The summed E-state index contributed by atoms with van der Waals surface area (Å²) in [5, 5.41) is 10.2. The van der Waals surface area contributed by atoms with Crippen LogP contribution < -0.4 is 22.1 Å². The SMILES string of the molecule is CCCCC/C=C\C/C=C\CCCCCCCC(=O)[O-].[Br-].[Mg+2]. The second kappa shape index (κ2) is 23.5. The van der Waals surface area contributed by atoms with E-state index in [1.54, 1.807) is 0 Å². The van der Waals surface area contributed by atoms with Crippen molar-refractivity contribution in [3.05, 3.63) is 24.3 Å². The molecule has 0 unspecified atom stereocenters. The molecular formula is C18H31BrMgO2. The molecule has 0 amide bonds. The molecular weight excluding hydrogens is 352 g/mol. The van der Waals surface area contributed by atoms with Crippen LogP contribution in [0.1, 0.15) is 84.0 Å². The summed E-state index contributed by atoms with van der Waals surface area (Å²) in [5.41, 5.74) is 0. The molecule has 0 bridgehead atoms. The predicted molar refractivity (Wildman–Crippen MR) is 90.1 cm³/mol. The largest absolute Gasteiger partial charge is 2.00 e. The number of carboxylic acids is 1. The van der Waals surface area contributed by atoms with Crippen LogP contribution in [0.5, 0.6) is 0 Å². The van der Waals surface area contributed by atoms with E-state index < -0.39 is 5.97 Å². The molecule has 0 aromatic carbocycles. The number of hydrogen-bond donors (Lipinski definition) is 0. The van der Waals surface area contributed by atoms with Gasteiger partial charge < -0.3 is 26.9 Å². The Morgan fingerprint density at radius 3 is 1.86 bits per heavy atom.